The van der Waals surface area contributed by atoms with Gasteiger partial charge in [-0.15, -0.1) is 0 Å². The van der Waals surface area contributed by atoms with Crippen molar-refractivity contribution in [2.75, 3.05) is 7.05 Å². The Morgan fingerprint density at radius 3 is 2.00 bits per heavy atom. The summed E-state index contributed by atoms with van der Waals surface area (Å²) in [5.41, 5.74) is 2.33. The number of rotatable bonds is 2. The van der Waals surface area contributed by atoms with E-state index in [1.165, 1.54) is 5.57 Å². The molecule has 10 heavy (non-hydrogen) atoms. The molecule has 0 atom stereocenters. The fourth-order valence-corrected chi connectivity index (χ4v) is 0.718. The Morgan fingerprint density at radius 2 is 1.70 bits per heavy atom. The molecule has 0 heterocycles. The average molecular weight is 140 g/mol. The maximum atomic E-state index is 4.19. The topological polar surface area (TPSA) is 15.6 Å². The number of hydrogen-bond acceptors (Lipinski definition) is 2. The van der Waals surface area contributed by atoms with Gasteiger partial charge in [0.2, 0.25) is 0 Å². The SMILES string of the molecule is CC(C)=CN(C)N=C(C)C. The molecule has 0 fully saturated rings. The molecule has 0 rings (SSSR count). The molecule has 0 N–H and O–H groups in total. The monoisotopic (exact) mass is 140 g/mol. The molecule has 58 valence electrons. The van der Waals surface area contributed by atoms with E-state index in [9.17, 15) is 0 Å². The zero-order valence-electron chi connectivity index (χ0n) is 7.47. The molecule has 0 aromatic heterocycles. The van der Waals surface area contributed by atoms with Gasteiger partial charge in [-0.25, -0.2) is 0 Å². The van der Waals surface area contributed by atoms with E-state index in [1.54, 1.807) is 0 Å². The first-order valence-electron chi connectivity index (χ1n) is 3.42. The molecule has 0 aliphatic heterocycles. The van der Waals surface area contributed by atoms with E-state index in [-0.39, 0.29) is 0 Å². The van der Waals surface area contributed by atoms with Gasteiger partial charge >= 0.3 is 0 Å². The van der Waals surface area contributed by atoms with E-state index in [0.717, 1.165) is 5.71 Å². The van der Waals surface area contributed by atoms with Crippen LogP contribution in [0, 0.1) is 0 Å². The second kappa shape index (κ2) is 4.09. The Labute approximate surface area is 63.2 Å². The quantitative estimate of drug-likeness (QED) is 0.424. The first-order chi connectivity index (χ1) is 4.52. The molecule has 0 saturated carbocycles. The van der Waals surface area contributed by atoms with Crippen molar-refractivity contribution in [1.82, 2.24) is 5.01 Å². The molecular formula is C8H16N2. The molecule has 2 nitrogen and oxygen atoms in total. The van der Waals surface area contributed by atoms with Gasteiger partial charge in [0.25, 0.3) is 0 Å². The first-order valence-corrected chi connectivity index (χ1v) is 3.42. The van der Waals surface area contributed by atoms with Crippen LogP contribution in [0.4, 0.5) is 0 Å². The minimum Gasteiger partial charge on any atom is -0.276 e. The fourth-order valence-electron chi connectivity index (χ4n) is 0.718. The highest BCUT2D eigenvalue weighted by Gasteiger charge is 1.85. The van der Waals surface area contributed by atoms with E-state index < -0.39 is 0 Å². The van der Waals surface area contributed by atoms with Crippen molar-refractivity contribution in [3.05, 3.63) is 11.8 Å². The maximum Gasteiger partial charge on any atom is 0.0322 e. The van der Waals surface area contributed by atoms with Crippen LogP contribution < -0.4 is 0 Å². The standard InChI is InChI=1S/C8H16N2/c1-7(2)6-10(5)9-8(3)4/h6H,1-5H3. The summed E-state index contributed by atoms with van der Waals surface area (Å²) < 4.78 is 0. The summed E-state index contributed by atoms with van der Waals surface area (Å²) in [5.74, 6) is 0. The van der Waals surface area contributed by atoms with Gasteiger partial charge in [0.15, 0.2) is 0 Å². The highest BCUT2D eigenvalue weighted by molar-refractivity contribution is 5.78. The Morgan fingerprint density at radius 1 is 1.20 bits per heavy atom. The molecule has 0 aliphatic rings. The van der Waals surface area contributed by atoms with Crippen LogP contribution in [0.5, 0.6) is 0 Å². The van der Waals surface area contributed by atoms with Crippen molar-refractivity contribution in [1.29, 1.82) is 0 Å². The van der Waals surface area contributed by atoms with E-state index in [4.69, 9.17) is 0 Å². The molecule has 0 bridgehead atoms. The molecule has 0 amide bonds. The Hall–Kier alpha value is -0.790. The normalized spacial score (nSPS) is 8.50. The van der Waals surface area contributed by atoms with Gasteiger partial charge in [0.05, 0.1) is 0 Å². The van der Waals surface area contributed by atoms with Crippen molar-refractivity contribution >= 4 is 5.71 Å². The highest BCUT2D eigenvalue weighted by atomic mass is 15.4. The van der Waals surface area contributed by atoms with Crippen molar-refractivity contribution in [2.45, 2.75) is 27.7 Å². The van der Waals surface area contributed by atoms with E-state index >= 15 is 0 Å². The summed E-state index contributed by atoms with van der Waals surface area (Å²) in [4.78, 5) is 0. The Balaban J connectivity index is 3.99. The van der Waals surface area contributed by atoms with E-state index in [1.807, 2.05) is 32.1 Å². The van der Waals surface area contributed by atoms with Crippen molar-refractivity contribution in [3.63, 3.8) is 0 Å². The molecule has 0 unspecified atom stereocenters. The van der Waals surface area contributed by atoms with Gasteiger partial charge < -0.3 is 0 Å². The summed E-state index contributed by atoms with van der Waals surface area (Å²) in [7, 11) is 1.93. The predicted octanol–water partition coefficient (Wildman–Crippen LogP) is 2.24. The molecule has 0 aromatic rings. The van der Waals surface area contributed by atoms with Crippen LogP contribution in [0.25, 0.3) is 0 Å². The van der Waals surface area contributed by atoms with Gasteiger partial charge in [-0.1, -0.05) is 5.57 Å². The van der Waals surface area contributed by atoms with Crippen molar-refractivity contribution in [2.24, 2.45) is 5.10 Å². The molecule has 0 saturated heterocycles. The van der Waals surface area contributed by atoms with Crippen LogP contribution in [-0.4, -0.2) is 17.8 Å². The molecule has 0 aromatic carbocycles. The van der Waals surface area contributed by atoms with Crippen LogP contribution in [0.3, 0.4) is 0 Å². The molecule has 2 heteroatoms. The van der Waals surface area contributed by atoms with Crippen LogP contribution in [0.2, 0.25) is 0 Å². The third kappa shape index (κ3) is 5.35. The van der Waals surface area contributed by atoms with Crippen molar-refractivity contribution < 1.29 is 0 Å². The summed E-state index contributed by atoms with van der Waals surface area (Å²) >= 11 is 0. The summed E-state index contributed by atoms with van der Waals surface area (Å²) in [6, 6.07) is 0. The number of allylic oxidation sites excluding steroid dienone is 1. The Kier molecular flexibility index (Phi) is 3.77. The third-order valence-electron chi connectivity index (χ3n) is 0.803. The number of hydrazone groups is 1. The lowest BCUT2D eigenvalue weighted by atomic mass is 10.4. The predicted molar refractivity (Wildman–Crippen MR) is 46.0 cm³/mol. The Bertz CT molecular complexity index is 131. The summed E-state index contributed by atoms with van der Waals surface area (Å²) in [5, 5.41) is 6.02. The zero-order valence-corrected chi connectivity index (χ0v) is 7.47. The lowest BCUT2D eigenvalue weighted by molar-refractivity contribution is 0.485. The minimum absolute atomic E-state index is 1.07. The van der Waals surface area contributed by atoms with Crippen LogP contribution in [0.15, 0.2) is 16.9 Å². The lowest BCUT2D eigenvalue weighted by Gasteiger charge is -2.07. The molecule has 0 aliphatic carbocycles. The summed E-state index contributed by atoms with van der Waals surface area (Å²) in [6.45, 7) is 8.07. The number of hydrogen-bond donors (Lipinski definition) is 0. The van der Waals surface area contributed by atoms with Gasteiger partial charge in [-0.3, -0.25) is 5.01 Å². The first kappa shape index (κ1) is 9.21. The van der Waals surface area contributed by atoms with Crippen LogP contribution >= 0.6 is 0 Å². The number of nitrogens with zero attached hydrogens (tertiary/aromatic N) is 2. The smallest absolute Gasteiger partial charge is 0.0322 e. The van der Waals surface area contributed by atoms with Gasteiger partial charge in [0, 0.05) is 19.0 Å². The minimum atomic E-state index is 1.07. The zero-order chi connectivity index (χ0) is 8.15. The molecule has 0 spiro atoms. The average Bonchev–Trinajstić information content (AvgIpc) is 1.58. The van der Waals surface area contributed by atoms with E-state index in [0.29, 0.717) is 0 Å². The van der Waals surface area contributed by atoms with E-state index in [2.05, 4.69) is 18.9 Å². The van der Waals surface area contributed by atoms with Gasteiger partial charge in [0.1, 0.15) is 0 Å². The van der Waals surface area contributed by atoms with Gasteiger partial charge in [-0.05, 0) is 27.7 Å². The second-order valence-corrected chi connectivity index (χ2v) is 2.83. The highest BCUT2D eigenvalue weighted by Crippen LogP contribution is 1.93. The lowest BCUT2D eigenvalue weighted by Crippen LogP contribution is -2.03. The van der Waals surface area contributed by atoms with Gasteiger partial charge in [-0.2, -0.15) is 5.10 Å². The fraction of sp³-hybridized carbons (Fsp3) is 0.625. The van der Waals surface area contributed by atoms with Crippen LogP contribution in [0.1, 0.15) is 27.7 Å². The maximum absolute atomic E-state index is 4.19. The molecule has 0 radical (unpaired) electrons. The largest absolute Gasteiger partial charge is 0.276 e. The second-order valence-electron chi connectivity index (χ2n) is 2.83. The summed E-state index contributed by atoms with van der Waals surface area (Å²) in [6.07, 6.45) is 1.99. The third-order valence-corrected chi connectivity index (χ3v) is 0.803. The molecular weight excluding hydrogens is 124 g/mol. The van der Waals surface area contributed by atoms with Crippen LogP contribution in [-0.2, 0) is 0 Å². The van der Waals surface area contributed by atoms with Crippen molar-refractivity contribution in [3.8, 4) is 0 Å².